The topological polar surface area (TPSA) is 21.7 Å². The minimum atomic E-state index is 0.179. The number of nitrogens with zero attached hydrogens (tertiary/aromatic N) is 1. The summed E-state index contributed by atoms with van der Waals surface area (Å²) in [6.07, 6.45) is 2.46. The van der Waals surface area contributed by atoms with Crippen LogP contribution >= 0.6 is 0 Å². The van der Waals surface area contributed by atoms with E-state index < -0.39 is 0 Å². The van der Waals surface area contributed by atoms with Gasteiger partial charge < -0.3 is 14.4 Å². The molecule has 0 aromatic heterocycles. The van der Waals surface area contributed by atoms with E-state index in [2.05, 4.69) is 67.5 Å². The summed E-state index contributed by atoms with van der Waals surface area (Å²) >= 11 is 0. The van der Waals surface area contributed by atoms with Gasteiger partial charge >= 0.3 is 0 Å². The van der Waals surface area contributed by atoms with E-state index in [0.717, 1.165) is 24.3 Å². The van der Waals surface area contributed by atoms with Crippen LogP contribution in [0.3, 0.4) is 0 Å². The van der Waals surface area contributed by atoms with E-state index in [1.807, 2.05) is 25.3 Å². The van der Waals surface area contributed by atoms with Gasteiger partial charge in [0.05, 0.1) is 13.2 Å². The van der Waals surface area contributed by atoms with Gasteiger partial charge in [0.1, 0.15) is 5.75 Å². The van der Waals surface area contributed by atoms with E-state index in [9.17, 15) is 0 Å². The second-order valence-corrected chi connectivity index (χ2v) is 8.41. The number of fused-ring (bicyclic) bond motifs is 1. The molecule has 0 aliphatic heterocycles. The molecule has 1 aliphatic carbocycles. The Morgan fingerprint density at radius 1 is 0.867 bits per heavy atom. The normalized spacial score (nSPS) is 18.3. The Bertz CT molecular complexity index is 994. The van der Waals surface area contributed by atoms with Crippen LogP contribution in [0.25, 0.3) is 22.3 Å². The molecule has 156 valence electrons. The molecule has 0 amide bonds. The molecule has 2 atom stereocenters. The fourth-order valence-electron chi connectivity index (χ4n) is 4.73. The fourth-order valence-corrected chi connectivity index (χ4v) is 4.73. The second kappa shape index (κ2) is 9.03. The zero-order chi connectivity index (χ0) is 21.1. The number of methoxy groups -OCH3 is 2. The van der Waals surface area contributed by atoms with Gasteiger partial charge in [-0.15, -0.1) is 0 Å². The monoisotopic (exact) mass is 401 g/mol. The van der Waals surface area contributed by atoms with E-state index >= 15 is 0 Å². The van der Waals surface area contributed by atoms with Gasteiger partial charge in [0.25, 0.3) is 0 Å². The van der Waals surface area contributed by atoms with Gasteiger partial charge in [-0.25, -0.2) is 0 Å². The van der Waals surface area contributed by atoms with Crippen LogP contribution in [0.5, 0.6) is 5.75 Å². The van der Waals surface area contributed by atoms with E-state index in [-0.39, 0.29) is 6.10 Å². The summed E-state index contributed by atoms with van der Waals surface area (Å²) in [7, 11) is 7.84. The third-order valence-corrected chi connectivity index (χ3v) is 6.15. The maximum absolute atomic E-state index is 5.92. The van der Waals surface area contributed by atoms with Gasteiger partial charge in [-0.1, -0.05) is 60.7 Å². The van der Waals surface area contributed by atoms with Gasteiger partial charge in [0.15, 0.2) is 0 Å². The molecule has 3 aromatic carbocycles. The Balaban J connectivity index is 1.60. The number of aryl methyl sites for hydroxylation is 1. The summed E-state index contributed by atoms with van der Waals surface area (Å²) in [5.74, 6) is 1.44. The van der Waals surface area contributed by atoms with Crippen molar-refractivity contribution in [2.24, 2.45) is 5.92 Å². The standard InChI is InChI=1S/C27H31NO2/c1-28(2)18-23-14-13-22-17-21(15-16-25(22)27(23)30-4)19-9-11-20(12-10-19)24-7-5-6-8-26(24)29-3/h5-12,15-17,23,27H,13-14,18H2,1-4H3. The summed E-state index contributed by atoms with van der Waals surface area (Å²) in [5.41, 5.74) is 7.56. The molecule has 0 saturated carbocycles. The summed E-state index contributed by atoms with van der Waals surface area (Å²) in [6, 6.07) is 23.8. The highest BCUT2D eigenvalue weighted by atomic mass is 16.5. The lowest BCUT2D eigenvalue weighted by Crippen LogP contribution is -2.31. The van der Waals surface area contributed by atoms with E-state index in [4.69, 9.17) is 9.47 Å². The Morgan fingerprint density at radius 2 is 1.57 bits per heavy atom. The largest absolute Gasteiger partial charge is 0.496 e. The molecule has 3 heteroatoms. The van der Waals surface area contributed by atoms with Gasteiger partial charge in [-0.05, 0) is 60.8 Å². The molecule has 30 heavy (non-hydrogen) atoms. The number of para-hydroxylation sites is 1. The smallest absolute Gasteiger partial charge is 0.126 e. The van der Waals surface area contributed by atoms with E-state index in [1.165, 1.54) is 34.2 Å². The van der Waals surface area contributed by atoms with Crippen molar-refractivity contribution in [3.63, 3.8) is 0 Å². The Morgan fingerprint density at radius 3 is 2.27 bits per heavy atom. The first-order valence-corrected chi connectivity index (χ1v) is 10.6. The van der Waals surface area contributed by atoms with Gasteiger partial charge in [-0.2, -0.15) is 0 Å². The number of hydrogen-bond donors (Lipinski definition) is 0. The van der Waals surface area contributed by atoms with Gasteiger partial charge in [-0.3, -0.25) is 0 Å². The van der Waals surface area contributed by atoms with E-state index in [0.29, 0.717) is 5.92 Å². The van der Waals surface area contributed by atoms with Crippen LogP contribution in [0.15, 0.2) is 66.7 Å². The zero-order valence-corrected chi connectivity index (χ0v) is 18.4. The lowest BCUT2D eigenvalue weighted by molar-refractivity contribution is 0.0299. The quantitative estimate of drug-likeness (QED) is 0.518. The van der Waals surface area contributed by atoms with Gasteiger partial charge in [0, 0.05) is 25.1 Å². The molecule has 0 bridgehead atoms. The molecule has 2 unspecified atom stereocenters. The minimum absolute atomic E-state index is 0.179. The average Bonchev–Trinajstić information content (AvgIpc) is 2.78. The molecular weight excluding hydrogens is 370 g/mol. The molecule has 3 aromatic rings. The Hall–Kier alpha value is -2.62. The van der Waals surface area contributed by atoms with Crippen molar-refractivity contribution in [2.45, 2.75) is 18.9 Å². The molecule has 0 N–H and O–H groups in total. The number of hydrogen-bond acceptors (Lipinski definition) is 3. The SMILES string of the molecule is COc1ccccc1-c1ccc(-c2ccc3c(c2)CCC(CN(C)C)C3OC)cc1. The average molecular weight is 402 g/mol. The van der Waals surface area contributed by atoms with Gasteiger partial charge in [0.2, 0.25) is 0 Å². The van der Waals surface area contributed by atoms with Crippen LogP contribution in [0, 0.1) is 5.92 Å². The highest BCUT2D eigenvalue weighted by Crippen LogP contribution is 2.39. The van der Waals surface area contributed by atoms with Crippen molar-refractivity contribution in [1.29, 1.82) is 0 Å². The summed E-state index contributed by atoms with van der Waals surface area (Å²) in [6.45, 7) is 1.06. The minimum Gasteiger partial charge on any atom is -0.496 e. The predicted octanol–water partition coefficient (Wildman–Crippen LogP) is 5.84. The highest BCUT2D eigenvalue weighted by molar-refractivity contribution is 5.74. The van der Waals surface area contributed by atoms with Crippen molar-refractivity contribution in [2.75, 3.05) is 34.9 Å². The second-order valence-electron chi connectivity index (χ2n) is 8.41. The first-order chi connectivity index (χ1) is 14.6. The first kappa shape index (κ1) is 20.6. The summed E-state index contributed by atoms with van der Waals surface area (Å²) in [5, 5.41) is 0. The van der Waals surface area contributed by atoms with Crippen LogP contribution in [-0.4, -0.2) is 39.8 Å². The lowest BCUT2D eigenvalue weighted by Gasteiger charge is -2.34. The molecule has 4 rings (SSSR count). The van der Waals surface area contributed by atoms with Crippen molar-refractivity contribution in [3.05, 3.63) is 77.9 Å². The van der Waals surface area contributed by atoms with Crippen molar-refractivity contribution < 1.29 is 9.47 Å². The molecule has 1 aliphatic rings. The first-order valence-electron chi connectivity index (χ1n) is 10.6. The van der Waals surface area contributed by atoms with Crippen LogP contribution in [-0.2, 0) is 11.2 Å². The van der Waals surface area contributed by atoms with Crippen molar-refractivity contribution in [1.82, 2.24) is 4.90 Å². The molecule has 0 fully saturated rings. The maximum atomic E-state index is 5.92. The van der Waals surface area contributed by atoms with Crippen LogP contribution in [0.1, 0.15) is 23.7 Å². The Labute approximate surface area is 180 Å². The molecule has 0 heterocycles. The third kappa shape index (κ3) is 4.14. The summed E-state index contributed by atoms with van der Waals surface area (Å²) in [4.78, 5) is 2.26. The Kier molecular flexibility index (Phi) is 6.21. The lowest BCUT2D eigenvalue weighted by atomic mass is 9.80. The highest BCUT2D eigenvalue weighted by Gasteiger charge is 2.30. The summed E-state index contributed by atoms with van der Waals surface area (Å²) < 4.78 is 11.4. The number of rotatable bonds is 6. The number of benzene rings is 3. The maximum Gasteiger partial charge on any atom is 0.126 e. The zero-order valence-electron chi connectivity index (χ0n) is 18.4. The van der Waals surface area contributed by atoms with Crippen LogP contribution in [0.2, 0.25) is 0 Å². The third-order valence-electron chi connectivity index (χ3n) is 6.15. The molecule has 0 spiro atoms. The number of ether oxygens (including phenoxy) is 2. The van der Waals surface area contributed by atoms with Crippen LogP contribution < -0.4 is 4.74 Å². The molecule has 3 nitrogen and oxygen atoms in total. The molecule has 0 radical (unpaired) electrons. The molecular formula is C27H31NO2. The predicted molar refractivity (Wildman–Crippen MR) is 124 cm³/mol. The van der Waals surface area contributed by atoms with Crippen molar-refractivity contribution >= 4 is 0 Å². The van der Waals surface area contributed by atoms with Crippen LogP contribution in [0.4, 0.5) is 0 Å². The van der Waals surface area contributed by atoms with E-state index in [1.54, 1.807) is 7.11 Å². The van der Waals surface area contributed by atoms with Crippen molar-refractivity contribution in [3.8, 4) is 28.0 Å². The molecule has 0 saturated heterocycles. The fraction of sp³-hybridized carbons (Fsp3) is 0.333.